The maximum atomic E-state index is 10.8. The summed E-state index contributed by atoms with van der Waals surface area (Å²) in [6.45, 7) is 7.16. The van der Waals surface area contributed by atoms with E-state index in [0.29, 0.717) is 5.57 Å². The lowest BCUT2D eigenvalue weighted by molar-refractivity contribution is -0.142. The molecule has 0 N–H and O–H groups in total. The van der Waals surface area contributed by atoms with E-state index in [4.69, 9.17) is 9.47 Å². The Kier molecular flexibility index (Phi) is 7.85. The van der Waals surface area contributed by atoms with Crippen LogP contribution >= 0.6 is 0 Å². The van der Waals surface area contributed by atoms with E-state index in [1.54, 1.807) is 14.0 Å². The standard InChI is InChI=1S/C8H14O3.CH4/c1-6(2)8(9)11-5-7(3)10-4;/h7H,1,5H2,2-4H3;1H4. The predicted octanol–water partition coefficient (Wildman–Crippen LogP) is 1.78. The zero-order valence-corrected chi connectivity index (χ0v) is 7.22. The number of ether oxygens (including phenoxy) is 2. The van der Waals surface area contributed by atoms with E-state index >= 15 is 0 Å². The second kappa shape index (κ2) is 6.85. The molecule has 0 aromatic heterocycles. The first-order valence-corrected chi connectivity index (χ1v) is 3.43. The average Bonchev–Trinajstić information content (AvgIpc) is 1.99. The van der Waals surface area contributed by atoms with E-state index in [9.17, 15) is 4.79 Å². The molecule has 0 aliphatic rings. The minimum Gasteiger partial charge on any atom is -0.460 e. The van der Waals surface area contributed by atoms with Gasteiger partial charge in [-0.15, -0.1) is 0 Å². The molecule has 0 rings (SSSR count). The van der Waals surface area contributed by atoms with Gasteiger partial charge in [-0.05, 0) is 13.8 Å². The number of carbonyl (C=O) groups is 1. The topological polar surface area (TPSA) is 35.5 Å². The molecule has 12 heavy (non-hydrogen) atoms. The first kappa shape index (κ1) is 13.7. The van der Waals surface area contributed by atoms with Crippen molar-refractivity contribution in [1.82, 2.24) is 0 Å². The Hall–Kier alpha value is -0.830. The molecule has 0 aromatic rings. The summed E-state index contributed by atoms with van der Waals surface area (Å²) in [6.07, 6.45) is -0.0571. The molecule has 0 fully saturated rings. The lowest BCUT2D eigenvalue weighted by Crippen LogP contribution is -2.17. The van der Waals surface area contributed by atoms with Crippen molar-refractivity contribution in [3.05, 3.63) is 12.2 Å². The normalized spacial score (nSPS) is 11.2. The molecule has 1 unspecified atom stereocenters. The maximum absolute atomic E-state index is 10.8. The highest BCUT2D eigenvalue weighted by Gasteiger charge is 2.05. The monoisotopic (exact) mass is 174 g/mol. The second-order valence-corrected chi connectivity index (χ2v) is 2.43. The van der Waals surface area contributed by atoms with Crippen LogP contribution < -0.4 is 0 Å². The number of hydrogen-bond donors (Lipinski definition) is 0. The summed E-state index contributed by atoms with van der Waals surface area (Å²) < 4.78 is 9.67. The highest BCUT2D eigenvalue weighted by molar-refractivity contribution is 5.86. The fourth-order valence-electron chi connectivity index (χ4n) is 0.384. The van der Waals surface area contributed by atoms with Gasteiger partial charge in [-0.1, -0.05) is 14.0 Å². The SMILES string of the molecule is C.C=C(C)C(=O)OCC(C)OC. The molecule has 0 aliphatic heterocycles. The van der Waals surface area contributed by atoms with E-state index in [-0.39, 0.29) is 26.1 Å². The van der Waals surface area contributed by atoms with Gasteiger partial charge in [-0.3, -0.25) is 0 Å². The largest absolute Gasteiger partial charge is 0.460 e. The highest BCUT2D eigenvalue weighted by Crippen LogP contribution is 1.95. The van der Waals surface area contributed by atoms with Gasteiger partial charge in [0.15, 0.2) is 0 Å². The molecule has 0 amide bonds. The summed E-state index contributed by atoms with van der Waals surface area (Å²) in [5, 5.41) is 0. The third kappa shape index (κ3) is 5.92. The molecule has 3 heteroatoms. The van der Waals surface area contributed by atoms with Crippen LogP contribution in [-0.4, -0.2) is 25.8 Å². The summed E-state index contributed by atoms with van der Waals surface area (Å²) in [6, 6.07) is 0. The van der Waals surface area contributed by atoms with Gasteiger partial charge in [0.2, 0.25) is 0 Å². The van der Waals surface area contributed by atoms with Crippen LogP contribution in [0.2, 0.25) is 0 Å². The minimum atomic E-state index is -0.367. The number of rotatable bonds is 4. The molecule has 0 saturated carbocycles. The zero-order chi connectivity index (χ0) is 8.85. The van der Waals surface area contributed by atoms with Gasteiger partial charge in [0.05, 0.1) is 6.10 Å². The van der Waals surface area contributed by atoms with E-state index < -0.39 is 0 Å². The lowest BCUT2D eigenvalue weighted by Gasteiger charge is -2.09. The van der Waals surface area contributed by atoms with Gasteiger partial charge in [0.1, 0.15) is 6.61 Å². The molecule has 0 radical (unpaired) electrons. The number of hydrogen-bond acceptors (Lipinski definition) is 3. The average molecular weight is 174 g/mol. The van der Waals surface area contributed by atoms with Gasteiger partial charge < -0.3 is 9.47 Å². The fraction of sp³-hybridized carbons (Fsp3) is 0.667. The van der Waals surface area contributed by atoms with Crippen LogP contribution in [0.1, 0.15) is 21.3 Å². The Morgan fingerprint density at radius 1 is 1.58 bits per heavy atom. The molecule has 0 spiro atoms. The van der Waals surface area contributed by atoms with Crippen molar-refractivity contribution in [2.24, 2.45) is 0 Å². The van der Waals surface area contributed by atoms with E-state index in [1.807, 2.05) is 6.92 Å². The van der Waals surface area contributed by atoms with Crippen molar-refractivity contribution >= 4 is 5.97 Å². The molecule has 72 valence electrons. The molecular formula is C9H18O3. The van der Waals surface area contributed by atoms with E-state index in [1.165, 1.54) is 0 Å². The van der Waals surface area contributed by atoms with Crippen molar-refractivity contribution in [3.8, 4) is 0 Å². The molecule has 0 heterocycles. The van der Waals surface area contributed by atoms with Crippen LogP contribution in [0.15, 0.2) is 12.2 Å². The predicted molar refractivity (Wildman–Crippen MR) is 49.0 cm³/mol. The lowest BCUT2D eigenvalue weighted by atomic mass is 10.3. The summed E-state index contributed by atoms with van der Waals surface area (Å²) in [4.78, 5) is 10.8. The van der Waals surface area contributed by atoms with E-state index in [2.05, 4.69) is 6.58 Å². The molecule has 0 saturated heterocycles. The minimum absolute atomic E-state index is 0. The Morgan fingerprint density at radius 2 is 2.08 bits per heavy atom. The quantitative estimate of drug-likeness (QED) is 0.481. The van der Waals surface area contributed by atoms with Crippen LogP contribution in [-0.2, 0) is 14.3 Å². The zero-order valence-electron chi connectivity index (χ0n) is 7.22. The number of carbonyl (C=O) groups excluding carboxylic acids is 1. The van der Waals surface area contributed by atoms with Crippen LogP contribution in [0, 0.1) is 0 Å². The Balaban J connectivity index is 0. The van der Waals surface area contributed by atoms with Gasteiger partial charge in [0, 0.05) is 12.7 Å². The molecule has 1 atom stereocenters. The van der Waals surface area contributed by atoms with Gasteiger partial charge >= 0.3 is 5.97 Å². The smallest absolute Gasteiger partial charge is 0.333 e. The molecule has 0 bridgehead atoms. The summed E-state index contributed by atoms with van der Waals surface area (Å²) >= 11 is 0. The highest BCUT2D eigenvalue weighted by atomic mass is 16.6. The maximum Gasteiger partial charge on any atom is 0.333 e. The van der Waals surface area contributed by atoms with Crippen molar-refractivity contribution in [1.29, 1.82) is 0 Å². The second-order valence-electron chi connectivity index (χ2n) is 2.43. The van der Waals surface area contributed by atoms with Crippen molar-refractivity contribution in [2.45, 2.75) is 27.4 Å². The Morgan fingerprint density at radius 3 is 2.42 bits per heavy atom. The van der Waals surface area contributed by atoms with Gasteiger partial charge in [0.25, 0.3) is 0 Å². The van der Waals surface area contributed by atoms with Crippen molar-refractivity contribution in [2.75, 3.05) is 13.7 Å². The summed E-state index contributed by atoms with van der Waals surface area (Å²) in [7, 11) is 1.57. The third-order valence-corrected chi connectivity index (χ3v) is 1.20. The Labute approximate surface area is 74.4 Å². The Bertz CT molecular complexity index is 152. The summed E-state index contributed by atoms with van der Waals surface area (Å²) in [5.74, 6) is -0.367. The van der Waals surface area contributed by atoms with Crippen molar-refractivity contribution < 1.29 is 14.3 Å². The van der Waals surface area contributed by atoms with Crippen molar-refractivity contribution in [3.63, 3.8) is 0 Å². The molecule has 0 aromatic carbocycles. The molecule has 0 aliphatic carbocycles. The number of esters is 1. The van der Waals surface area contributed by atoms with Crippen LogP contribution in [0.3, 0.4) is 0 Å². The van der Waals surface area contributed by atoms with Crippen LogP contribution in [0.4, 0.5) is 0 Å². The van der Waals surface area contributed by atoms with Crippen LogP contribution in [0.5, 0.6) is 0 Å². The van der Waals surface area contributed by atoms with E-state index in [0.717, 1.165) is 0 Å². The van der Waals surface area contributed by atoms with Crippen LogP contribution in [0.25, 0.3) is 0 Å². The number of methoxy groups -OCH3 is 1. The molecule has 3 nitrogen and oxygen atoms in total. The third-order valence-electron chi connectivity index (χ3n) is 1.20. The molecular weight excluding hydrogens is 156 g/mol. The summed E-state index contributed by atoms with van der Waals surface area (Å²) in [5.41, 5.74) is 0.410. The van der Waals surface area contributed by atoms with Gasteiger partial charge in [-0.25, -0.2) is 4.79 Å². The van der Waals surface area contributed by atoms with Gasteiger partial charge in [-0.2, -0.15) is 0 Å². The fourth-order valence-corrected chi connectivity index (χ4v) is 0.384. The first-order valence-electron chi connectivity index (χ1n) is 3.43. The first-order chi connectivity index (χ1) is 5.07.